The van der Waals surface area contributed by atoms with Gasteiger partial charge in [-0.2, -0.15) is 0 Å². The number of thiophene rings is 1. The van der Waals surface area contributed by atoms with Gasteiger partial charge >= 0.3 is 0 Å². The van der Waals surface area contributed by atoms with Crippen molar-refractivity contribution in [2.75, 3.05) is 0 Å². The SMILES string of the molecule is CCc1cnc(CNS(=O)(=O)c2cc(CO)cs2)o1. The number of aliphatic hydroxyl groups is 1. The Morgan fingerprint density at radius 1 is 1.53 bits per heavy atom. The van der Waals surface area contributed by atoms with E-state index >= 15 is 0 Å². The lowest BCUT2D eigenvalue weighted by molar-refractivity contribution is 0.282. The van der Waals surface area contributed by atoms with Gasteiger partial charge in [-0.1, -0.05) is 6.92 Å². The molecule has 0 saturated heterocycles. The second kappa shape index (κ2) is 5.83. The maximum Gasteiger partial charge on any atom is 0.250 e. The molecule has 0 atom stereocenters. The van der Waals surface area contributed by atoms with Crippen molar-refractivity contribution >= 4 is 21.4 Å². The van der Waals surface area contributed by atoms with Crippen molar-refractivity contribution in [2.24, 2.45) is 0 Å². The van der Waals surface area contributed by atoms with Gasteiger partial charge in [0.25, 0.3) is 10.0 Å². The largest absolute Gasteiger partial charge is 0.444 e. The molecule has 6 nitrogen and oxygen atoms in total. The highest BCUT2D eigenvalue weighted by Crippen LogP contribution is 2.20. The molecule has 104 valence electrons. The zero-order chi connectivity index (χ0) is 13.9. The minimum Gasteiger partial charge on any atom is -0.444 e. The average Bonchev–Trinajstić information content (AvgIpc) is 3.05. The van der Waals surface area contributed by atoms with Gasteiger partial charge in [-0.3, -0.25) is 0 Å². The third kappa shape index (κ3) is 3.41. The second-order valence-electron chi connectivity index (χ2n) is 3.83. The zero-order valence-corrected chi connectivity index (χ0v) is 11.9. The molecule has 2 N–H and O–H groups in total. The standard InChI is InChI=1S/C11H14N2O4S2/c1-2-9-4-12-10(17-9)5-13-19(15,16)11-3-8(6-14)7-18-11/h3-4,7,13-14H,2,5-6H2,1H3. The highest BCUT2D eigenvalue weighted by molar-refractivity contribution is 7.91. The van der Waals surface area contributed by atoms with Gasteiger partial charge in [0.1, 0.15) is 9.97 Å². The lowest BCUT2D eigenvalue weighted by Gasteiger charge is -2.01. The van der Waals surface area contributed by atoms with E-state index in [-0.39, 0.29) is 17.4 Å². The Labute approximate surface area is 115 Å². The molecule has 0 spiro atoms. The van der Waals surface area contributed by atoms with Crippen LogP contribution in [0.25, 0.3) is 0 Å². The summed E-state index contributed by atoms with van der Waals surface area (Å²) < 4.78 is 31.8. The Morgan fingerprint density at radius 2 is 2.32 bits per heavy atom. The number of aromatic nitrogens is 1. The molecule has 8 heteroatoms. The lowest BCUT2D eigenvalue weighted by atomic mass is 10.4. The van der Waals surface area contributed by atoms with E-state index in [9.17, 15) is 8.42 Å². The maximum absolute atomic E-state index is 12.0. The molecule has 0 aliphatic rings. The van der Waals surface area contributed by atoms with E-state index in [4.69, 9.17) is 9.52 Å². The zero-order valence-electron chi connectivity index (χ0n) is 10.3. The molecule has 0 amide bonds. The number of nitrogens with one attached hydrogen (secondary N) is 1. The van der Waals surface area contributed by atoms with Gasteiger partial charge in [0.15, 0.2) is 0 Å². The number of hydrogen-bond donors (Lipinski definition) is 2. The van der Waals surface area contributed by atoms with Gasteiger partial charge in [0.2, 0.25) is 5.89 Å². The monoisotopic (exact) mass is 302 g/mol. The topological polar surface area (TPSA) is 92.4 Å². The van der Waals surface area contributed by atoms with Crippen LogP contribution < -0.4 is 4.72 Å². The van der Waals surface area contributed by atoms with Crippen LogP contribution in [0.3, 0.4) is 0 Å². The van der Waals surface area contributed by atoms with E-state index in [0.717, 1.165) is 11.3 Å². The Hall–Kier alpha value is -1.22. The fourth-order valence-corrected chi connectivity index (χ4v) is 3.62. The first-order valence-electron chi connectivity index (χ1n) is 5.66. The highest BCUT2D eigenvalue weighted by atomic mass is 32.2. The molecule has 2 heterocycles. The number of aryl methyl sites for hydroxylation is 1. The number of hydrogen-bond acceptors (Lipinski definition) is 6. The molecule has 0 aliphatic heterocycles. The fourth-order valence-electron chi connectivity index (χ4n) is 1.40. The fraction of sp³-hybridized carbons (Fsp3) is 0.364. The van der Waals surface area contributed by atoms with E-state index in [1.165, 1.54) is 6.07 Å². The molecule has 0 fully saturated rings. The Morgan fingerprint density at radius 3 is 2.89 bits per heavy atom. The van der Waals surface area contributed by atoms with Crippen LogP contribution in [-0.4, -0.2) is 18.5 Å². The van der Waals surface area contributed by atoms with Gasteiger partial charge < -0.3 is 9.52 Å². The lowest BCUT2D eigenvalue weighted by Crippen LogP contribution is -2.22. The van der Waals surface area contributed by atoms with E-state index in [0.29, 0.717) is 23.6 Å². The summed E-state index contributed by atoms with van der Waals surface area (Å²) in [5, 5.41) is 10.5. The average molecular weight is 302 g/mol. The van der Waals surface area contributed by atoms with Crippen molar-refractivity contribution in [1.29, 1.82) is 0 Å². The first-order chi connectivity index (χ1) is 9.05. The van der Waals surface area contributed by atoms with E-state index in [1.54, 1.807) is 11.6 Å². The normalized spacial score (nSPS) is 11.9. The molecule has 2 rings (SSSR count). The molecule has 0 unspecified atom stereocenters. The molecule has 0 bridgehead atoms. The van der Waals surface area contributed by atoms with Crippen molar-refractivity contribution in [3.63, 3.8) is 0 Å². The molecule has 0 radical (unpaired) electrons. The molecule has 19 heavy (non-hydrogen) atoms. The molecular weight excluding hydrogens is 288 g/mol. The highest BCUT2D eigenvalue weighted by Gasteiger charge is 2.17. The molecule has 0 aliphatic carbocycles. The van der Waals surface area contributed by atoms with Crippen LogP contribution in [0.4, 0.5) is 0 Å². The summed E-state index contributed by atoms with van der Waals surface area (Å²) in [5.74, 6) is 1.05. The summed E-state index contributed by atoms with van der Waals surface area (Å²) in [5.41, 5.74) is 0.578. The summed E-state index contributed by atoms with van der Waals surface area (Å²) in [6.07, 6.45) is 2.29. The minimum atomic E-state index is -3.59. The van der Waals surface area contributed by atoms with Crippen molar-refractivity contribution in [3.05, 3.63) is 34.9 Å². The van der Waals surface area contributed by atoms with Crippen molar-refractivity contribution in [1.82, 2.24) is 9.71 Å². The summed E-state index contributed by atoms with van der Waals surface area (Å²) in [6, 6.07) is 1.44. The molecule has 0 aromatic carbocycles. The quantitative estimate of drug-likeness (QED) is 0.838. The van der Waals surface area contributed by atoms with Crippen molar-refractivity contribution in [2.45, 2.75) is 30.7 Å². The van der Waals surface area contributed by atoms with E-state index in [1.807, 2.05) is 6.92 Å². The summed E-state index contributed by atoms with van der Waals surface area (Å²) in [6.45, 7) is 1.76. The van der Waals surface area contributed by atoms with Gasteiger partial charge in [-0.25, -0.2) is 18.1 Å². The third-order valence-corrected chi connectivity index (χ3v) is 5.33. The summed E-state index contributed by atoms with van der Waals surface area (Å²) >= 11 is 1.06. The third-order valence-electron chi connectivity index (χ3n) is 2.44. The van der Waals surface area contributed by atoms with Crippen LogP contribution in [0, 0.1) is 0 Å². The predicted molar refractivity (Wildman–Crippen MR) is 70.1 cm³/mol. The smallest absolute Gasteiger partial charge is 0.250 e. The van der Waals surface area contributed by atoms with Crippen LogP contribution in [0.5, 0.6) is 0 Å². The Balaban J connectivity index is 2.05. The minimum absolute atomic E-state index is 0.00862. The van der Waals surface area contributed by atoms with Crippen LogP contribution in [0.2, 0.25) is 0 Å². The number of nitrogens with zero attached hydrogens (tertiary/aromatic N) is 1. The van der Waals surface area contributed by atoms with Gasteiger partial charge in [0.05, 0.1) is 19.3 Å². The first kappa shape index (κ1) is 14.2. The number of rotatable bonds is 6. The van der Waals surface area contributed by atoms with Crippen molar-refractivity contribution in [3.8, 4) is 0 Å². The summed E-state index contributed by atoms with van der Waals surface area (Å²) in [4.78, 5) is 3.97. The molecule has 2 aromatic rings. The van der Waals surface area contributed by atoms with Crippen LogP contribution in [-0.2, 0) is 29.6 Å². The van der Waals surface area contributed by atoms with Crippen LogP contribution in [0.15, 0.2) is 26.3 Å². The molecule has 0 saturated carbocycles. The Bertz CT molecular complexity index is 645. The van der Waals surface area contributed by atoms with Gasteiger partial charge in [-0.15, -0.1) is 11.3 Å². The summed E-state index contributed by atoms with van der Waals surface area (Å²) in [7, 11) is -3.59. The van der Waals surface area contributed by atoms with Crippen molar-refractivity contribution < 1.29 is 17.9 Å². The second-order valence-corrected chi connectivity index (χ2v) is 6.74. The van der Waals surface area contributed by atoms with Gasteiger partial charge in [0, 0.05) is 6.42 Å². The van der Waals surface area contributed by atoms with E-state index < -0.39 is 10.0 Å². The Kier molecular flexibility index (Phi) is 4.35. The van der Waals surface area contributed by atoms with Gasteiger partial charge in [-0.05, 0) is 17.0 Å². The number of oxazole rings is 1. The van der Waals surface area contributed by atoms with Crippen LogP contribution in [0.1, 0.15) is 24.1 Å². The predicted octanol–water partition coefficient (Wildman–Crippen LogP) is 1.27. The molecular formula is C11H14N2O4S2. The number of aliphatic hydroxyl groups excluding tert-OH is 1. The molecule has 2 aromatic heterocycles. The van der Waals surface area contributed by atoms with E-state index in [2.05, 4.69) is 9.71 Å². The first-order valence-corrected chi connectivity index (χ1v) is 8.03. The number of sulfonamides is 1. The maximum atomic E-state index is 12.0. The van der Waals surface area contributed by atoms with Crippen LogP contribution >= 0.6 is 11.3 Å².